The van der Waals surface area contributed by atoms with E-state index in [4.69, 9.17) is 10.5 Å². The van der Waals surface area contributed by atoms with E-state index in [1.165, 1.54) is 0 Å². The highest BCUT2D eigenvalue weighted by atomic mass is 16.5. The molecule has 1 heterocycles. The minimum atomic E-state index is 0.200. The average molecular weight is 236 g/mol. The summed E-state index contributed by atoms with van der Waals surface area (Å²) in [7, 11) is 1.55. The zero-order valence-electron chi connectivity index (χ0n) is 10.2. The molecule has 1 aliphatic heterocycles. The molecule has 0 saturated carbocycles. The van der Waals surface area contributed by atoms with Gasteiger partial charge in [0, 0.05) is 19.1 Å². The van der Waals surface area contributed by atoms with Crippen LogP contribution in [0, 0.1) is 0 Å². The zero-order chi connectivity index (χ0) is 12.3. The third-order valence-electron chi connectivity index (χ3n) is 3.19. The maximum Gasteiger partial charge on any atom is 0.160 e. The summed E-state index contributed by atoms with van der Waals surface area (Å²) in [6.45, 7) is 2.86. The van der Waals surface area contributed by atoms with Crippen molar-refractivity contribution in [3.8, 4) is 11.5 Å². The third kappa shape index (κ3) is 3.11. The van der Waals surface area contributed by atoms with Crippen molar-refractivity contribution >= 4 is 0 Å². The van der Waals surface area contributed by atoms with Gasteiger partial charge >= 0.3 is 0 Å². The molecule has 0 amide bonds. The number of ether oxygens (including phenoxy) is 1. The van der Waals surface area contributed by atoms with Crippen LogP contribution in [0.4, 0.5) is 0 Å². The first-order chi connectivity index (χ1) is 8.19. The summed E-state index contributed by atoms with van der Waals surface area (Å²) in [5, 5.41) is 9.70. The molecule has 4 heteroatoms. The SMILES string of the molecule is COc1ccc(CN2CCCC(N)C2)cc1O. The number of nitrogens with two attached hydrogens (primary N) is 1. The van der Waals surface area contributed by atoms with E-state index >= 15 is 0 Å². The first-order valence-corrected chi connectivity index (χ1v) is 6.03. The molecule has 3 N–H and O–H groups in total. The average Bonchev–Trinajstić information content (AvgIpc) is 2.29. The fraction of sp³-hybridized carbons (Fsp3) is 0.538. The molecule has 0 spiro atoms. The molecule has 1 aliphatic rings. The molecular formula is C13H20N2O2. The minimum Gasteiger partial charge on any atom is -0.504 e. The second-order valence-electron chi connectivity index (χ2n) is 4.64. The smallest absolute Gasteiger partial charge is 0.160 e. The van der Waals surface area contributed by atoms with Crippen LogP contribution in [0.2, 0.25) is 0 Å². The molecule has 0 aliphatic carbocycles. The number of piperidine rings is 1. The molecule has 0 aromatic heterocycles. The molecular weight excluding hydrogens is 216 g/mol. The van der Waals surface area contributed by atoms with E-state index in [-0.39, 0.29) is 11.8 Å². The van der Waals surface area contributed by atoms with Crippen LogP contribution < -0.4 is 10.5 Å². The van der Waals surface area contributed by atoms with E-state index in [1.54, 1.807) is 19.2 Å². The highest BCUT2D eigenvalue weighted by molar-refractivity contribution is 5.41. The second kappa shape index (κ2) is 5.38. The lowest BCUT2D eigenvalue weighted by molar-refractivity contribution is 0.201. The standard InChI is InChI=1S/C13H20N2O2/c1-17-13-5-4-10(7-12(13)16)8-15-6-2-3-11(14)9-15/h4-5,7,11,16H,2-3,6,8-9,14H2,1H3. The van der Waals surface area contributed by atoms with Crippen LogP contribution in [0.25, 0.3) is 0 Å². The van der Waals surface area contributed by atoms with E-state index in [9.17, 15) is 5.11 Å². The Morgan fingerprint density at radius 3 is 3.00 bits per heavy atom. The van der Waals surface area contributed by atoms with Gasteiger partial charge in [0.2, 0.25) is 0 Å². The summed E-state index contributed by atoms with van der Waals surface area (Å²) in [6.07, 6.45) is 2.27. The summed E-state index contributed by atoms with van der Waals surface area (Å²) in [5.74, 6) is 0.718. The number of methoxy groups -OCH3 is 1. The Morgan fingerprint density at radius 1 is 1.53 bits per heavy atom. The van der Waals surface area contributed by atoms with Crippen molar-refractivity contribution < 1.29 is 9.84 Å². The van der Waals surface area contributed by atoms with Crippen molar-refractivity contribution in [1.82, 2.24) is 4.90 Å². The topological polar surface area (TPSA) is 58.7 Å². The fourth-order valence-electron chi connectivity index (χ4n) is 2.33. The molecule has 1 aromatic carbocycles. The number of likely N-dealkylation sites (tertiary alicyclic amines) is 1. The quantitative estimate of drug-likeness (QED) is 0.831. The van der Waals surface area contributed by atoms with Gasteiger partial charge in [0.1, 0.15) is 0 Å². The highest BCUT2D eigenvalue weighted by Gasteiger charge is 2.16. The predicted octanol–water partition coefficient (Wildman–Crippen LogP) is 1.32. The number of hydrogen-bond donors (Lipinski definition) is 2. The first-order valence-electron chi connectivity index (χ1n) is 6.03. The van der Waals surface area contributed by atoms with Gasteiger partial charge in [0.05, 0.1) is 7.11 Å². The molecule has 1 atom stereocenters. The van der Waals surface area contributed by atoms with Crippen molar-refractivity contribution in [2.24, 2.45) is 5.73 Å². The Bertz CT molecular complexity index is 382. The molecule has 2 rings (SSSR count). The van der Waals surface area contributed by atoms with Crippen LogP contribution >= 0.6 is 0 Å². The lowest BCUT2D eigenvalue weighted by atomic mass is 10.1. The van der Waals surface area contributed by atoms with Crippen LogP contribution in [-0.2, 0) is 6.54 Å². The van der Waals surface area contributed by atoms with Crippen molar-refractivity contribution in [1.29, 1.82) is 0 Å². The zero-order valence-corrected chi connectivity index (χ0v) is 10.2. The summed E-state index contributed by atoms with van der Waals surface area (Å²) in [6, 6.07) is 5.84. The van der Waals surface area contributed by atoms with Gasteiger partial charge in [-0.1, -0.05) is 6.07 Å². The summed E-state index contributed by atoms with van der Waals surface area (Å²) in [4.78, 5) is 2.33. The molecule has 0 radical (unpaired) electrons. The van der Waals surface area contributed by atoms with Gasteiger partial charge in [-0.3, -0.25) is 4.90 Å². The second-order valence-corrected chi connectivity index (χ2v) is 4.64. The molecule has 17 heavy (non-hydrogen) atoms. The summed E-state index contributed by atoms with van der Waals surface area (Å²) >= 11 is 0. The Hall–Kier alpha value is -1.26. The van der Waals surface area contributed by atoms with E-state index in [0.717, 1.165) is 38.0 Å². The van der Waals surface area contributed by atoms with E-state index in [2.05, 4.69) is 4.90 Å². The summed E-state index contributed by atoms with van der Waals surface area (Å²) in [5.41, 5.74) is 7.04. The number of benzene rings is 1. The van der Waals surface area contributed by atoms with Gasteiger partial charge < -0.3 is 15.6 Å². The molecule has 1 aromatic rings. The number of hydrogen-bond acceptors (Lipinski definition) is 4. The summed E-state index contributed by atoms with van der Waals surface area (Å²) < 4.78 is 5.02. The largest absolute Gasteiger partial charge is 0.504 e. The first kappa shape index (κ1) is 12.2. The Balaban J connectivity index is 2.00. The van der Waals surface area contributed by atoms with E-state index in [0.29, 0.717) is 5.75 Å². The van der Waals surface area contributed by atoms with Gasteiger partial charge in [0.15, 0.2) is 11.5 Å². The van der Waals surface area contributed by atoms with Crippen molar-refractivity contribution in [3.63, 3.8) is 0 Å². The van der Waals surface area contributed by atoms with Gasteiger partial charge in [0.25, 0.3) is 0 Å². The van der Waals surface area contributed by atoms with Crippen molar-refractivity contribution in [3.05, 3.63) is 23.8 Å². The van der Waals surface area contributed by atoms with Gasteiger partial charge in [-0.2, -0.15) is 0 Å². The number of rotatable bonds is 3. The van der Waals surface area contributed by atoms with Crippen molar-refractivity contribution in [2.75, 3.05) is 20.2 Å². The number of phenols is 1. The maximum absolute atomic E-state index is 9.70. The Labute approximate surface area is 102 Å². The Morgan fingerprint density at radius 2 is 2.35 bits per heavy atom. The van der Waals surface area contributed by atoms with Gasteiger partial charge in [-0.05, 0) is 37.1 Å². The normalized spacial score (nSPS) is 21.4. The molecule has 1 unspecified atom stereocenters. The number of nitrogens with zero attached hydrogens (tertiary/aromatic N) is 1. The van der Waals surface area contributed by atoms with E-state index < -0.39 is 0 Å². The van der Waals surface area contributed by atoms with Crippen LogP contribution in [-0.4, -0.2) is 36.2 Å². The molecule has 1 fully saturated rings. The number of phenolic OH excluding ortho intramolecular Hbond substituents is 1. The Kier molecular flexibility index (Phi) is 3.86. The number of aromatic hydroxyl groups is 1. The van der Waals surface area contributed by atoms with Crippen LogP contribution in [0.15, 0.2) is 18.2 Å². The van der Waals surface area contributed by atoms with Gasteiger partial charge in [-0.15, -0.1) is 0 Å². The lowest BCUT2D eigenvalue weighted by Gasteiger charge is -2.30. The fourth-order valence-corrected chi connectivity index (χ4v) is 2.33. The predicted molar refractivity (Wildman–Crippen MR) is 67.1 cm³/mol. The lowest BCUT2D eigenvalue weighted by Crippen LogP contribution is -2.42. The maximum atomic E-state index is 9.70. The minimum absolute atomic E-state index is 0.200. The van der Waals surface area contributed by atoms with Crippen LogP contribution in [0.3, 0.4) is 0 Å². The van der Waals surface area contributed by atoms with Crippen molar-refractivity contribution in [2.45, 2.75) is 25.4 Å². The van der Waals surface area contributed by atoms with Crippen LogP contribution in [0.5, 0.6) is 11.5 Å². The molecule has 1 saturated heterocycles. The molecule has 94 valence electrons. The van der Waals surface area contributed by atoms with Gasteiger partial charge in [-0.25, -0.2) is 0 Å². The molecule has 0 bridgehead atoms. The highest BCUT2D eigenvalue weighted by Crippen LogP contribution is 2.27. The van der Waals surface area contributed by atoms with E-state index in [1.807, 2.05) is 6.07 Å². The van der Waals surface area contributed by atoms with Crippen LogP contribution in [0.1, 0.15) is 18.4 Å². The monoisotopic (exact) mass is 236 g/mol. The molecule has 4 nitrogen and oxygen atoms in total. The third-order valence-corrected chi connectivity index (χ3v) is 3.19.